The molecule has 1 saturated heterocycles. The van der Waals surface area contributed by atoms with E-state index in [-0.39, 0.29) is 0 Å². The average molecular weight is 412 g/mol. The van der Waals surface area contributed by atoms with Gasteiger partial charge in [0.1, 0.15) is 0 Å². The Hall–Kier alpha value is -1.23. The minimum Gasteiger partial charge on any atom is -0.340 e. The molecular weight excluding hydrogens is 374 g/mol. The van der Waals surface area contributed by atoms with Crippen LogP contribution in [0.1, 0.15) is 45.1 Å². The van der Waals surface area contributed by atoms with E-state index in [0.29, 0.717) is 0 Å². The molecule has 0 spiro atoms. The number of aryl methyl sites for hydroxylation is 1. The summed E-state index contributed by atoms with van der Waals surface area (Å²) in [5.74, 6) is 0.815. The molecule has 29 heavy (non-hydrogen) atoms. The molecule has 1 aliphatic carbocycles. The fourth-order valence-electron chi connectivity index (χ4n) is 4.52. The smallest absolute Gasteiger partial charge is 0.0555 e. The highest BCUT2D eigenvalue weighted by Crippen LogP contribution is 2.47. The third-order valence-electron chi connectivity index (χ3n) is 6.35. The molecule has 0 aromatic heterocycles. The molecule has 0 radical (unpaired) electrons. The molecular formula is C25H37N3S. The summed E-state index contributed by atoms with van der Waals surface area (Å²) in [6.07, 6.45) is 9.82. The molecule has 4 rings (SSSR count). The second kappa shape index (κ2) is 9.72. The first-order valence-corrected chi connectivity index (χ1v) is 12.3. The van der Waals surface area contributed by atoms with Crippen LogP contribution in [0.2, 0.25) is 0 Å². The number of hydrogen-bond donors (Lipinski definition) is 0. The first kappa shape index (κ1) is 21.0. The zero-order chi connectivity index (χ0) is 20.2. The zero-order valence-electron chi connectivity index (χ0n) is 18.5. The van der Waals surface area contributed by atoms with Crippen molar-refractivity contribution in [3.8, 4) is 0 Å². The molecule has 1 fully saturated rings. The van der Waals surface area contributed by atoms with Gasteiger partial charge in [0.25, 0.3) is 0 Å². The van der Waals surface area contributed by atoms with Gasteiger partial charge in [-0.3, -0.25) is 0 Å². The zero-order valence-corrected chi connectivity index (χ0v) is 19.3. The Kier molecular flexibility index (Phi) is 7.04. The molecule has 0 bridgehead atoms. The van der Waals surface area contributed by atoms with Gasteiger partial charge in [-0.15, -0.1) is 0 Å². The Bertz CT molecular complexity index is 759. The molecule has 0 saturated carbocycles. The van der Waals surface area contributed by atoms with Gasteiger partial charge in [-0.05, 0) is 69.3 Å². The van der Waals surface area contributed by atoms with Crippen molar-refractivity contribution in [2.75, 3.05) is 50.7 Å². The second-order valence-corrected chi connectivity index (χ2v) is 10.3. The van der Waals surface area contributed by atoms with Gasteiger partial charge in [-0.25, -0.2) is 0 Å². The molecule has 2 aliphatic heterocycles. The number of thioether (sulfide) groups is 1. The Morgan fingerprint density at radius 3 is 2.41 bits per heavy atom. The van der Waals surface area contributed by atoms with E-state index < -0.39 is 0 Å². The van der Waals surface area contributed by atoms with E-state index in [1.54, 1.807) is 0 Å². The normalized spacial score (nSPS) is 20.3. The van der Waals surface area contributed by atoms with Crippen LogP contribution in [0.25, 0.3) is 0 Å². The SMILES string of the molecule is Cc1ccc2c(c1)N(CCCN1CCN(CCC(C)C)CC1)C1=CCCC=C1S2. The lowest BCUT2D eigenvalue weighted by molar-refractivity contribution is 0.127. The van der Waals surface area contributed by atoms with Crippen LogP contribution in [0.5, 0.6) is 0 Å². The molecule has 0 N–H and O–H groups in total. The predicted molar refractivity (Wildman–Crippen MR) is 127 cm³/mol. The number of anilines is 1. The third kappa shape index (κ3) is 5.28. The van der Waals surface area contributed by atoms with Gasteiger partial charge in [0.2, 0.25) is 0 Å². The highest BCUT2D eigenvalue weighted by atomic mass is 32.2. The lowest BCUT2D eigenvalue weighted by Crippen LogP contribution is -2.47. The van der Waals surface area contributed by atoms with Crippen molar-refractivity contribution in [3.63, 3.8) is 0 Å². The fraction of sp³-hybridized carbons (Fsp3) is 0.600. The van der Waals surface area contributed by atoms with E-state index >= 15 is 0 Å². The van der Waals surface area contributed by atoms with Crippen molar-refractivity contribution in [1.29, 1.82) is 0 Å². The van der Waals surface area contributed by atoms with E-state index in [0.717, 1.165) is 12.5 Å². The quantitative estimate of drug-likeness (QED) is 0.584. The van der Waals surface area contributed by atoms with Gasteiger partial charge in [-0.2, -0.15) is 0 Å². The van der Waals surface area contributed by atoms with Gasteiger partial charge in [0.15, 0.2) is 0 Å². The van der Waals surface area contributed by atoms with E-state index in [1.807, 2.05) is 11.8 Å². The van der Waals surface area contributed by atoms with Crippen molar-refractivity contribution in [2.24, 2.45) is 5.92 Å². The first-order chi connectivity index (χ1) is 14.1. The number of piperazine rings is 1. The number of benzene rings is 1. The van der Waals surface area contributed by atoms with Gasteiger partial charge < -0.3 is 14.7 Å². The van der Waals surface area contributed by atoms with Crippen molar-refractivity contribution in [2.45, 2.75) is 51.3 Å². The minimum atomic E-state index is 0.815. The highest BCUT2D eigenvalue weighted by Gasteiger charge is 2.27. The van der Waals surface area contributed by atoms with Gasteiger partial charge in [-0.1, -0.05) is 43.8 Å². The van der Waals surface area contributed by atoms with Gasteiger partial charge in [0, 0.05) is 42.5 Å². The van der Waals surface area contributed by atoms with Crippen LogP contribution in [0.3, 0.4) is 0 Å². The summed E-state index contributed by atoms with van der Waals surface area (Å²) in [6.45, 7) is 15.4. The van der Waals surface area contributed by atoms with Crippen LogP contribution in [0.4, 0.5) is 5.69 Å². The molecule has 1 aromatic rings. The van der Waals surface area contributed by atoms with Crippen LogP contribution < -0.4 is 4.90 Å². The van der Waals surface area contributed by atoms with Crippen LogP contribution in [0, 0.1) is 12.8 Å². The second-order valence-electron chi connectivity index (χ2n) is 9.18. The molecule has 158 valence electrons. The van der Waals surface area contributed by atoms with Crippen molar-refractivity contribution < 1.29 is 0 Å². The lowest BCUT2D eigenvalue weighted by atomic mass is 10.1. The maximum absolute atomic E-state index is 2.67. The molecule has 0 unspecified atom stereocenters. The Labute approximate surface area is 181 Å². The summed E-state index contributed by atoms with van der Waals surface area (Å²) in [6, 6.07) is 6.94. The Morgan fingerprint density at radius 1 is 0.931 bits per heavy atom. The number of fused-ring (bicyclic) bond motifs is 2. The maximum atomic E-state index is 2.67. The lowest BCUT2D eigenvalue weighted by Gasteiger charge is -2.38. The number of allylic oxidation sites excluding steroid dienone is 2. The standard InChI is InChI=1S/C25H37N3S/c1-20(2)11-14-27-17-15-26(16-18-27)12-6-13-28-22-7-4-5-8-24(22)29-25-10-9-21(3)19-23(25)28/h7-10,19-20H,4-6,11-18H2,1-3H3. The molecule has 2 heterocycles. The summed E-state index contributed by atoms with van der Waals surface area (Å²) >= 11 is 1.96. The summed E-state index contributed by atoms with van der Waals surface area (Å²) in [7, 11) is 0. The Balaban J connectivity index is 1.33. The number of nitrogens with zero attached hydrogens (tertiary/aromatic N) is 3. The third-order valence-corrected chi connectivity index (χ3v) is 7.51. The molecule has 4 heteroatoms. The molecule has 0 atom stereocenters. The highest BCUT2D eigenvalue weighted by molar-refractivity contribution is 8.03. The van der Waals surface area contributed by atoms with E-state index in [1.165, 1.54) is 91.7 Å². The molecule has 1 aromatic carbocycles. The van der Waals surface area contributed by atoms with Crippen molar-refractivity contribution in [1.82, 2.24) is 9.80 Å². The monoisotopic (exact) mass is 411 g/mol. The maximum Gasteiger partial charge on any atom is 0.0555 e. The minimum absolute atomic E-state index is 0.815. The average Bonchev–Trinajstić information content (AvgIpc) is 2.73. The summed E-state index contributed by atoms with van der Waals surface area (Å²) in [5, 5.41) is 0. The topological polar surface area (TPSA) is 9.72 Å². The largest absolute Gasteiger partial charge is 0.340 e. The Morgan fingerprint density at radius 2 is 1.66 bits per heavy atom. The van der Waals surface area contributed by atoms with E-state index in [9.17, 15) is 0 Å². The van der Waals surface area contributed by atoms with Crippen molar-refractivity contribution in [3.05, 3.63) is 46.5 Å². The van der Waals surface area contributed by atoms with Gasteiger partial charge in [0.05, 0.1) is 11.4 Å². The van der Waals surface area contributed by atoms with E-state index in [2.05, 4.69) is 65.8 Å². The van der Waals surface area contributed by atoms with Crippen LogP contribution >= 0.6 is 11.8 Å². The van der Waals surface area contributed by atoms with Gasteiger partial charge >= 0.3 is 0 Å². The van der Waals surface area contributed by atoms with Crippen molar-refractivity contribution >= 4 is 17.4 Å². The predicted octanol–water partition coefficient (Wildman–Crippen LogP) is 5.52. The number of hydrogen-bond acceptors (Lipinski definition) is 4. The fourth-order valence-corrected chi connectivity index (χ4v) is 5.67. The first-order valence-electron chi connectivity index (χ1n) is 11.5. The summed E-state index contributed by atoms with van der Waals surface area (Å²) in [5.41, 5.74) is 4.23. The van der Waals surface area contributed by atoms with Crippen LogP contribution in [-0.4, -0.2) is 55.6 Å². The summed E-state index contributed by atoms with van der Waals surface area (Å²) in [4.78, 5) is 10.8. The molecule has 0 amide bonds. The van der Waals surface area contributed by atoms with E-state index in [4.69, 9.17) is 0 Å². The summed E-state index contributed by atoms with van der Waals surface area (Å²) < 4.78 is 0. The van der Waals surface area contributed by atoms with Crippen LogP contribution in [0.15, 0.2) is 45.8 Å². The molecule has 3 aliphatic rings. The molecule has 3 nitrogen and oxygen atoms in total. The van der Waals surface area contributed by atoms with Crippen LogP contribution in [-0.2, 0) is 0 Å². The number of rotatable bonds is 7.